The average molecular weight is 629 g/mol. The molecule has 244 valence electrons. The van der Waals surface area contributed by atoms with E-state index in [1.165, 1.54) is 24.1 Å². The van der Waals surface area contributed by atoms with Crippen LogP contribution in [0.15, 0.2) is 78.9 Å². The lowest BCUT2D eigenvalue weighted by molar-refractivity contribution is -0.139. The van der Waals surface area contributed by atoms with E-state index in [9.17, 15) is 24.2 Å². The van der Waals surface area contributed by atoms with Crippen molar-refractivity contribution in [2.45, 2.75) is 90.4 Å². The summed E-state index contributed by atoms with van der Waals surface area (Å²) in [5.41, 5.74) is 6.08. The number of carbonyl (C=O) groups is 2. The third kappa shape index (κ3) is 8.92. The minimum Gasteiger partial charge on any atom is -0.481 e. The number of carbonyl (C=O) groups excluding carboxylic acids is 1. The number of nitrogens with zero attached hydrogens (tertiary/aromatic N) is 1. The molecule has 8 heteroatoms. The molecule has 1 aromatic heterocycles. The number of nitrogens with one attached hydrogen (secondary N) is 1. The summed E-state index contributed by atoms with van der Waals surface area (Å²) in [6.07, 6.45) is 1.92. The molecular weight excluding hydrogens is 583 g/mol. The Balaban J connectivity index is 1.82. The number of aliphatic hydroxyl groups excluding tert-OH is 2. The Morgan fingerprint density at radius 1 is 0.870 bits per heavy atom. The highest BCUT2D eigenvalue weighted by Crippen LogP contribution is 2.42. The quantitative estimate of drug-likeness (QED) is 0.0939. The summed E-state index contributed by atoms with van der Waals surface area (Å²) in [5, 5.41) is 33.1. The number of aryl methyl sites for hydroxylation is 1. The number of carboxylic acids is 1. The van der Waals surface area contributed by atoms with Crippen LogP contribution in [0, 0.1) is 5.82 Å². The molecule has 4 rings (SSSR count). The van der Waals surface area contributed by atoms with Crippen molar-refractivity contribution in [3.63, 3.8) is 0 Å². The van der Waals surface area contributed by atoms with Gasteiger partial charge in [-0.05, 0) is 84.7 Å². The second kappa shape index (κ2) is 16.3. The molecule has 46 heavy (non-hydrogen) atoms. The highest BCUT2D eigenvalue weighted by atomic mass is 19.1. The molecule has 0 radical (unpaired) electrons. The Kier molecular flexibility index (Phi) is 12.3. The predicted molar refractivity (Wildman–Crippen MR) is 180 cm³/mol. The van der Waals surface area contributed by atoms with Crippen LogP contribution in [0.5, 0.6) is 0 Å². The van der Waals surface area contributed by atoms with Crippen LogP contribution >= 0.6 is 0 Å². The van der Waals surface area contributed by atoms with Gasteiger partial charge in [-0.1, -0.05) is 76.1 Å². The summed E-state index contributed by atoms with van der Waals surface area (Å²) in [6.45, 7) is 6.46. The summed E-state index contributed by atoms with van der Waals surface area (Å²) in [4.78, 5) is 25.4. The number of hydrogen-bond donors (Lipinski definition) is 4. The van der Waals surface area contributed by atoms with Crippen molar-refractivity contribution in [2.75, 3.05) is 5.32 Å². The van der Waals surface area contributed by atoms with E-state index in [4.69, 9.17) is 5.11 Å². The van der Waals surface area contributed by atoms with Crippen molar-refractivity contribution in [3.8, 4) is 22.4 Å². The zero-order valence-electron chi connectivity index (χ0n) is 26.9. The van der Waals surface area contributed by atoms with Gasteiger partial charge in [-0.3, -0.25) is 9.59 Å². The van der Waals surface area contributed by atoms with E-state index in [0.29, 0.717) is 28.1 Å². The molecule has 0 bridgehead atoms. The molecule has 0 saturated carbocycles. The minimum absolute atomic E-state index is 0.0935. The number of carboxylic acid groups (broad SMARTS) is 1. The first-order chi connectivity index (χ1) is 22.1. The molecule has 2 atom stereocenters. The van der Waals surface area contributed by atoms with Crippen LogP contribution < -0.4 is 5.32 Å². The number of amides is 1. The first-order valence-electron chi connectivity index (χ1n) is 16.1. The lowest BCUT2D eigenvalue weighted by Gasteiger charge is -2.20. The minimum atomic E-state index is -1.18. The molecule has 4 N–H and O–H groups in total. The molecule has 0 aliphatic heterocycles. The van der Waals surface area contributed by atoms with Gasteiger partial charge in [0.25, 0.3) is 5.91 Å². The Labute approximate surface area is 270 Å². The molecule has 0 saturated heterocycles. The number of hydrogen-bond acceptors (Lipinski definition) is 4. The van der Waals surface area contributed by atoms with Gasteiger partial charge in [-0.25, -0.2) is 4.39 Å². The molecule has 0 unspecified atom stereocenters. The van der Waals surface area contributed by atoms with Crippen molar-refractivity contribution >= 4 is 17.6 Å². The Morgan fingerprint density at radius 3 is 2.15 bits per heavy atom. The number of unbranched alkanes of at least 4 members (excludes halogenated alkanes) is 2. The SMILES string of the molecule is CCCCCc1ccc(NC(=O)c2c(-c3ccccc3)c(-c3ccc(F)cc3)n(CC[C@@H](O)C[C@@H](O)CC(=O)O)c2C(C)C)cc1. The maximum absolute atomic E-state index is 14.3. The number of aromatic nitrogens is 1. The first-order valence-corrected chi connectivity index (χ1v) is 16.1. The summed E-state index contributed by atoms with van der Waals surface area (Å²) in [7, 11) is 0. The van der Waals surface area contributed by atoms with Gasteiger partial charge in [-0.15, -0.1) is 0 Å². The Bertz CT molecular complexity index is 1580. The molecule has 7 nitrogen and oxygen atoms in total. The molecule has 4 aromatic rings. The number of benzene rings is 3. The summed E-state index contributed by atoms with van der Waals surface area (Å²) in [6, 6.07) is 23.7. The summed E-state index contributed by atoms with van der Waals surface area (Å²) in [5.74, 6) is -1.92. The van der Waals surface area contributed by atoms with Crippen LogP contribution in [-0.4, -0.2) is 44.0 Å². The van der Waals surface area contributed by atoms with Gasteiger partial charge >= 0.3 is 5.97 Å². The van der Waals surface area contributed by atoms with E-state index in [-0.39, 0.29) is 37.0 Å². The van der Waals surface area contributed by atoms with E-state index < -0.39 is 24.6 Å². The van der Waals surface area contributed by atoms with Gasteiger partial charge in [0, 0.05) is 23.5 Å². The summed E-state index contributed by atoms with van der Waals surface area (Å²) < 4.78 is 16.1. The molecule has 0 aliphatic rings. The van der Waals surface area contributed by atoms with E-state index >= 15 is 0 Å². The maximum Gasteiger partial charge on any atom is 0.305 e. The third-order valence-electron chi connectivity index (χ3n) is 8.18. The van der Waals surface area contributed by atoms with Gasteiger partial charge in [0.15, 0.2) is 0 Å². The van der Waals surface area contributed by atoms with Crippen LogP contribution in [0.3, 0.4) is 0 Å². The lowest BCUT2D eigenvalue weighted by atomic mass is 9.94. The summed E-state index contributed by atoms with van der Waals surface area (Å²) >= 11 is 0. The van der Waals surface area contributed by atoms with Gasteiger partial charge in [0.1, 0.15) is 5.82 Å². The van der Waals surface area contributed by atoms with Crippen LogP contribution in [0.25, 0.3) is 22.4 Å². The Morgan fingerprint density at radius 2 is 1.54 bits per heavy atom. The van der Waals surface area contributed by atoms with Crippen LogP contribution in [-0.2, 0) is 17.8 Å². The standard InChI is InChI=1S/C38H45FN2O5/c1-4-5-7-10-26-13-19-30(20-14-26)40-38(46)35-34(27-11-8-6-9-12-27)37(28-15-17-29(39)18-16-28)41(36(35)25(2)3)22-21-31(42)23-32(43)24-33(44)45/h6,8-9,11-20,25,31-32,42-43H,4-5,7,10,21-24H2,1-3H3,(H,40,46)(H,44,45)/t31-,32-/m1/s1. The van der Waals surface area contributed by atoms with E-state index in [2.05, 4.69) is 12.2 Å². The molecular formula is C38H45FN2O5. The first kappa shape index (κ1) is 34.6. The largest absolute Gasteiger partial charge is 0.481 e. The average Bonchev–Trinajstić information content (AvgIpc) is 3.37. The van der Waals surface area contributed by atoms with Gasteiger partial charge in [0.05, 0.1) is 29.9 Å². The van der Waals surface area contributed by atoms with Crippen molar-refractivity contribution in [1.82, 2.24) is 4.57 Å². The maximum atomic E-state index is 14.3. The van der Waals surface area contributed by atoms with Crippen molar-refractivity contribution in [1.29, 1.82) is 0 Å². The topological polar surface area (TPSA) is 112 Å². The normalized spacial score (nSPS) is 12.7. The van der Waals surface area contributed by atoms with Gasteiger partial charge in [-0.2, -0.15) is 0 Å². The number of anilines is 1. The van der Waals surface area contributed by atoms with Crippen LogP contribution in [0.1, 0.15) is 86.8 Å². The van der Waals surface area contributed by atoms with Gasteiger partial charge < -0.3 is 25.2 Å². The lowest BCUT2D eigenvalue weighted by Crippen LogP contribution is -2.22. The van der Waals surface area contributed by atoms with E-state index in [1.54, 1.807) is 12.1 Å². The van der Waals surface area contributed by atoms with Crippen LogP contribution in [0.4, 0.5) is 10.1 Å². The van der Waals surface area contributed by atoms with Gasteiger partial charge in [0.2, 0.25) is 0 Å². The molecule has 0 aliphatic carbocycles. The number of rotatable bonds is 16. The fraction of sp³-hybridized carbons (Fsp3) is 0.368. The number of aliphatic carboxylic acids is 1. The predicted octanol–water partition coefficient (Wildman–Crippen LogP) is 8.05. The second-order valence-electron chi connectivity index (χ2n) is 12.2. The van der Waals surface area contributed by atoms with E-state index in [1.807, 2.05) is 73.0 Å². The highest BCUT2D eigenvalue weighted by Gasteiger charge is 2.31. The molecule has 3 aromatic carbocycles. The molecule has 1 amide bonds. The monoisotopic (exact) mass is 628 g/mol. The zero-order valence-corrected chi connectivity index (χ0v) is 26.9. The molecule has 1 heterocycles. The van der Waals surface area contributed by atoms with Crippen LogP contribution in [0.2, 0.25) is 0 Å². The zero-order chi connectivity index (χ0) is 33.2. The molecule has 0 spiro atoms. The fourth-order valence-corrected chi connectivity index (χ4v) is 6.02. The highest BCUT2D eigenvalue weighted by molar-refractivity contribution is 6.12. The van der Waals surface area contributed by atoms with Crippen molar-refractivity contribution in [3.05, 3.63) is 102 Å². The van der Waals surface area contributed by atoms with E-state index in [0.717, 1.165) is 30.5 Å². The fourth-order valence-electron chi connectivity index (χ4n) is 6.02. The number of aliphatic hydroxyl groups is 2. The smallest absolute Gasteiger partial charge is 0.305 e. The number of halogens is 1. The second-order valence-corrected chi connectivity index (χ2v) is 12.2. The Hall–Kier alpha value is -4.27. The third-order valence-corrected chi connectivity index (χ3v) is 8.18. The van der Waals surface area contributed by atoms with Crippen molar-refractivity contribution in [2.24, 2.45) is 0 Å². The molecule has 0 fully saturated rings. The van der Waals surface area contributed by atoms with Crippen molar-refractivity contribution < 1.29 is 29.3 Å².